The minimum atomic E-state index is -0.0356. The van der Waals surface area contributed by atoms with Crippen LogP contribution >= 0.6 is 11.8 Å². The van der Waals surface area contributed by atoms with Gasteiger partial charge in [-0.3, -0.25) is 0 Å². The smallest absolute Gasteiger partial charge is 0.315 e. The Kier molecular flexibility index (Phi) is 2.43. The maximum absolute atomic E-state index is 10.7. The highest BCUT2D eigenvalue weighted by Gasteiger charge is 2.26. The van der Waals surface area contributed by atoms with Gasteiger partial charge in [-0.1, -0.05) is 0 Å². The molecule has 0 aliphatic carbocycles. The van der Waals surface area contributed by atoms with Gasteiger partial charge in [0.25, 0.3) is 0 Å². The van der Waals surface area contributed by atoms with Crippen molar-refractivity contribution in [1.82, 2.24) is 10.6 Å². The lowest BCUT2D eigenvalue weighted by Gasteiger charge is -2.11. The molecule has 0 bridgehead atoms. The van der Waals surface area contributed by atoms with Gasteiger partial charge in [0, 0.05) is 11.8 Å². The SMILES string of the molecule is CSCC1NC(=O)N[C@H]1C. The summed E-state index contributed by atoms with van der Waals surface area (Å²) >= 11 is 1.75. The second kappa shape index (κ2) is 3.14. The molecule has 1 unspecified atom stereocenters. The van der Waals surface area contributed by atoms with Crippen LogP contribution in [0.25, 0.3) is 0 Å². The number of thioether (sulfide) groups is 1. The van der Waals surface area contributed by atoms with Crippen LogP contribution in [0.5, 0.6) is 0 Å². The number of rotatable bonds is 2. The zero-order chi connectivity index (χ0) is 7.56. The molecule has 0 spiro atoms. The molecule has 1 fully saturated rings. The summed E-state index contributed by atoms with van der Waals surface area (Å²) < 4.78 is 0. The van der Waals surface area contributed by atoms with Crippen molar-refractivity contribution in [3.8, 4) is 0 Å². The lowest BCUT2D eigenvalue weighted by Crippen LogP contribution is -2.32. The summed E-state index contributed by atoms with van der Waals surface area (Å²) in [5.41, 5.74) is 0. The predicted molar refractivity (Wildman–Crippen MR) is 43.3 cm³/mol. The van der Waals surface area contributed by atoms with Gasteiger partial charge in [-0.2, -0.15) is 11.8 Å². The first-order chi connectivity index (χ1) is 4.74. The second-order valence-electron chi connectivity index (χ2n) is 2.47. The fourth-order valence-electron chi connectivity index (χ4n) is 1.01. The van der Waals surface area contributed by atoms with Gasteiger partial charge in [0.05, 0.1) is 6.04 Å². The van der Waals surface area contributed by atoms with Crippen LogP contribution < -0.4 is 10.6 Å². The number of amides is 2. The molecule has 1 rings (SSSR count). The molecule has 0 aromatic heterocycles. The van der Waals surface area contributed by atoms with Crippen LogP contribution in [0.2, 0.25) is 0 Å². The van der Waals surface area contributed by atoms with E-state index < -0.39 is 0 Å². The Labute approximate surface area is 64.9 Å². The van der Waals surface area contributed by atoms with E-state index in [2.05, 4.69) is 10.6 Å². The highest BCUT2D eigenvalue weighted by Crippen LogP contribution is 2.05. The third kappa shape index (κ3) is 1.56. The van der Waals surface area contributed by atoms with Gasteiger partial charge in [0.15, 0.2) is 0 Å². The molecule has 0 saturated carbocycles. The molecule has 58 valence electrons. The number of hydrogen-bond acceptors (Lipinski definition) is 2. The van der Waals surface area contributed by atoms with Gasteiger partial charge in [-0.05, 0) is 13.2 Å². The molecule has 1 aliphatic rings. The van der Waals surface area contributed by atoms with Crippen molar-refractivity contribution >= 4 is 17.8 Å². The Hall–Kier alpha value is -0.380. The molecule has 2 atom stereocenters. The summed E-state index contributed by atoms with van der Waals surface area (Å²) in [5, 5.41) is 5.62. The number of carbonyl (C=O) groups excluding carboxylic acids is 1. The third-order valence-corrected chi connectivity index (χ3v) is 2.32. The minimum Gasteiger partial charge on any atom is -0.334 e. The molecule has 1 heterocycles. The van der Waals surface area contributed by atoms with E-state index in [1.807, 2.05) is 13.2 Å². The summed E-state index contributed by atoms with van der Waals surface area (Å²) in [6.45, 7) is 2.01. The Bertz CT molecular complexity index is 140. The molecule has 2 amide bonds. The van der Waals surface area contributed by atoms with Crippen molar-refractivity contribution in [1.29, 1.82) is 0 Å². The topological polar surface area (TPSA) is 41.1 Å². The lowest BCUT2D eigenvalue weighted by atomic mass is 10.2. The highest BCUT2D eigenvalue weighted by molar-refractivity contribution is 7.98. The van der Waals surface area contributed by atoms with E-state index in [0.717, 1.165) is 5.75 Å². The van der Waals surface area contributed by atoms with Crippen molar-refractivity contribution in [3.63, 3.8) is 0 Å². The summed E-state index contributed by atoms with van der Waals surface area (Å²) in [6, 6.07) is 0.550. The van der Waals surface area contributed by atoms with Gasteiger partial charge in [-0.15, -0.1) is 0 Å². The molecular weight excluding hydrogens is 148 g/mol. The van der Waals surface area contributed by atoms with Gasteiger partial charge >= 0.3 is 6.03 Å². The van der Waals surface area contributed by atoms with Gasteiger partial charge in [0.2, 0.25) is 0 Å². The van der Waals surface area contributed by atoms with Crippen LogP contribution in [0.15, 0.2) is 0 Å². The van der Waals surface area contributed by atoms with E-state index in [1.54, 1.807) is 11.8 Å². The molecule has 2 N–H and O–H groups in total. The van der Waals surface area contributed by atoms with Crippen LogP contribution in [0.3, 0.4) is 0 Å². The maximum atomic E-state index is 10.7. The largest absolute Gasteiger partial charge is 0.334 e. The van der Waals surface area contributed by atoms with E-state index in [0.29, 0.717) is 6.04 Å². The number of hydrogen-bond donors (Lipinski definition) is 2. The first-order valence-electron chi connectivity index (χ1n) is 3.30. The summed E-state index contributed by atoms with van der Waals surface area (Å²) in [7, 11) is 0. The van der Waals surface area contributed by atoms with Crippen molar-refractivity contribution in [2.24, 2.45) is 0 Å². The first-order valence-corrected chi connectivity index (χ1v) is 4.69. The number of carbonyl (C=O) groups is 1. The first kappa shape index (κ1) is 7.72. The predicted octanol–water partition coefficient (Wildman–Crippen LogP) is 0.419. The van der Waals surface area contributed by atoms with Crippen LogP contribution in [0.4, 0.5) is 4.79 Å². The molecule has 0 radical (unpaired) electrons. The van der Waals surface area contributed by atoms with Gasteiger partial charge < -0.3 is 10.6 Å². The molecule has 4 heteroatoms. The van der Waals surface area contributed by atoms with E-state index in [1.165, 1.54) is 0 Å². The second-order valence-corrected chi connectivity index (χ2v) is 3.38. The molecule has 0 aromatic rings. The quantitative estimate of drug-likeness (QED) is 0.614. The Morgan fingerprint density at radius 1 is 1.60 bits per heavy atom. The minimum absolute atomic E-state index is 0.0356. The van der Waals surface area contributed by atoms with E-state index in [9.17, 15) is 4.79 Å². The molecule has 0 aromatic carbocycles. The number of nitrogens with one attached hydrogen (secondary N) is 2. The Morgan fingerprint density at radius 3 is 2.70 bits per heavy atom. The normalized spacial score (nSPS) is 31.6. The maximum Gasteiger partial charge on any atom is 0.315 e. The van der Waals surface area contributed by atoms with Crippen molar-refractivity contribution < 1.29 is 4.79 Å². The van der Waals surface area contributed by atoms with E-state index >= 15 is 0 Å². The molecule has 1 aliphatic heterocycles. The standard InChI is InChI=1S/C6H12N2OS/c1-4-5(3-10-2)8-6(9)7-4/h4-5H,3H2,1-2H3,(H2,7,8,9)/t4-,5?/m0/s1. The van der Waals surface area contributed by atoms with Crippen LogP contribution in [-0.4, -0.2) is 30.1 Å². The van der Waals surface area contributed by atoms with Crippen LogP contribution in [0, 0.1) is 0 Å². The van der Waals surface area contributed by atoms with Gasteiger partial charge in [-0.25, -0.2) is 4.79 Å². The van der Waals surface area contributed by atoms with E-state index in [4.69, 9.17) is 0 Å². The Morgan fingerprint density at radius 2 is 2.30 bits per heavy atom. The average molecular weight is 160 g/mol. The molecule has 3 nitrogen and oxygen atoms in total. The molecular formula is C6H12N2OS. The third-order valence-electron chi connectivity index (χ3n) is 1.63. The highest BCUT2D eigenvalue weighted by atomic mass is 32.2. The summed E-state index contributed by atoms with van der Waals surface area (Å²) in [6.07, 6.45) is 2.04. The average Bonchev–Trinajstić information content (AvgIpc) is 2.13. The van der Waals surface area contributed by atoms with Crippen LogP contribution in [-0.2, 0) is 0 Å². The van der Waals surface area contributed by atoms with Crippen molar-refractivity contribution in [2.45, 2.75) is 19.0 Å². The number of urea groups is 1. The fourth-order valence-corrected chi connectivity index (χ4v) is 1.74. The summed E-state index contributed by atoms with van der Waals surface area (Å²) in [5.74, 6) is 0.986. The molecule has 1 saturated heterocycles. The zero-order valence-corrected chi connectivity index (χ0v) is 6.99. The van der Waals surface area contributed by atoms with Crippen molar-refractivity contribution in [3.05, 3.63) is 0 Å². The zero-order valence-electron chi connectivity index (χ0n) is 6.18. The van der Waals surface area contributed by atoms with Gasteiger partial charge in [0.1, 0.15) is 0 Å². The Balaban J connectivity index is 2.38. The summed E-state index contributed by atoms with van der Waals surface area (Å²) in [4.78, 5) is 10.7. The van der Waals surface area contributed by atoms with Crippen molar-refractivity contribution in [2.75, 3.05) is 12.0 Å². The monoisotopic (exact) mass is 160 g/mol. The van der Waals surface area contributed by atoms with E-state index in [-0.39, 0.29) is 12.1 Å². The van der Waals surface area contributed by atoms with Crippen LogP contribution in [0.1, 0.15) is 6.92 Å². The lowest BCUT2D eigenvalue weighted by molar-refractivity contribution is 0.247. The fraction of sp³-hybridized carbons (Fsp3) is 0.833. The molecule has 10 heavy (non-hydrogen) atoms.